The van der Waals surface area contributed by atoms with Crippen LogP contribution < -0.4 is 0 Å². The zero-order chi connectivity index (χ0) is 67.8. The van der Waals surface area contributed by atoms with Gasteiger partial charge in [-0.25, -0.2) is 19.9 Å². The summed E-state index contributed by atoms with van der Waals surface area (Å²) < 4.78 is 4.81. The molecular weight excluding hydrogens is 1250 g/mol. The number of hydrogen-bond donors (Lipinski definition) is 0. The summed E-state index contributed by atoms with van der Waals surface area (Å²) in [6.45, 7) is 4.74. The van der Waals surface area contributed by atoms with Gasteiger partial charge in [0.25, 0.3) is 0 Å². The predicted octanol–water partition coefficient (Wildman–Crippen LogP) is 22.4. The van der Waals surface area contributed by atoms with Crippen molar-refractivity contribution in [2.24, 2.45) is 0 Å². The zero-order valence-corrected chi connectivity index (χ0v) is 56.3. The first-order valence-corrected chi connectivity index (χ1v) is 35.5. The van der Waals surface area contributed by atoms with Gasteiger partial charge < -0.3 is 4.57 Å². The molecule has 0 saturated heterocycles. The smallest absolute Gasteiger partial charge is 0.238 e. The van der Waals surface area contributed by atoms with E-state index in [0.29, 0.717) is 35.1 Å². The van der Waals surface area contributed by atoms with Gasteiger partial charge in [0.1, 0.15) is 5.82 Å². The number of benzene rings is 14. The van der Waals surface area contributed by atoms with Gasteiger partial charge in [-0.1, -0.05) is 287 Å². The SMILES string of the molecule is CC1(C)c2ccccc2-c2cc3c4cc(-c5ccc6c(c5)c5ccc7c(c5n6-c5nc(-c6ccccc6)nc(-c6ccccc6)n5)-c5ccccc5C75c6ccccc6-c6c5ccc5c6C(c6nc(-c7ccccc7)nc(-c7ccccc7)n6)c6ccccc6-5)ccc4n(-c4ccccc4)c3cc21. The fourth-order valence-electron chi connectivity index (χ4n) is 18.3. The van der Waals surface area contributed by atoms with Crippen molar-refractivity contribution in [1.29, 1.82) is 0 Å². The third kappa shape index (κ3) is 8.11. The highest BCUT2D eigenvalue weighted by Gasteiger charge is 2.54. The molecule has 4 aromatic heterocycles. The van der Waals surface area contributed by atoms with Crippen LogP contribution in [0.15, 0.2) is 322 Å². The van der Waals surface area contributed by atoms with Crippen molar-refractivity contribution < 1.29 is 0 Å². The fraction of sp³-hybridized carbons (Fsp3) is 0.0526. The lowest BCUT2D eigenvalue weighted by molar-refractivity contribution is 0.661. The molecule has 0 N–H and O–H groups in total. The van der Waals surface area contributed by atoms with Crippen molar-refractivity contribution in [3.05, 3.63) is 372 Å². The van der Waals surface area contributed by atoms with Gasteiger partial charge in [-0.2, -0.15) is 9.97 Å². The summed E-state index contributed by atoms with van der Waals surface area (Å²) in [6, 6.07) is 117. The maximum absolute atomic E-state index is 5.60. The van der Waals surface area contributed by atoms with Crippen LogP contribution in [0.4, 0.5) is 0 Å². The van der Waals surface area contributed by atoms with E-state index in [0.717, 1.165) is 72.0 Å². The van der Waals surface area contributed by atoms with E-state index in [1.807, 2.05) is 24.3 Å². The molecule has 0 aliphatic heterocycles. The van der Waals surface area contributed by atoms with Crippen LogP contribution in [0.3, 0.4) is 0 Å². The van der Waals surface area contributed by atoms with E-state index in [-0.39, 0.29) is 11.3 Å². The standard InChI is InChI=1S/C95H60N8/c1-94(2)74-41-23-20-37-64(74)70-54-73-72-53-61(44-50-80(72)102(82(73)55-79(70)94)62-34-16-7-17-35-62)60-45-51-81-71(52-60)67-47-49-78-84(87(67)103(81)93-100-90(58-30-12-5-13-31-58)97-91(101-93)59-32-14-6-15-33-59)69-40-22-25-43-76(69)95(78)75-42-24-21-39-68(75)83-77(95)48-46-66-63-36-18-19-38-65(63)86(85(66)83)92-98-88(56-26-8-3-9-27-56)96-89(99-92)57-28-10-4-11-29-57/h3-55,86H,1-2H3. The van der Waals surface area contributed by atoms with Gasteiger partial charge in [0.05, 0.1) is 33.4 Å². The van der Waals surface area contributed by atoms with Crippen molar-refractivity contribution >= 4 is 43.6 Å². The molecule has 18 aromatic rings. The molecule has 22 rings (SSSR count). The molecule has 4 aliphatic rings. The van der Waals surface area contributed by atoms with E-state index >= 15 is 0 Å². The van der Waals surface area contributed by atoms with Gasteiger partial charge in [-0.05, 0) is 143 Å². The van der Waals surface area contributed by atoms with Gasteiger partial charge in [0.15, 0.2) is 23.3 Å². The van der Waals surface area contributed by atoms with Gasteiger partial charge in [-0.3, -0.25) is 4.57 Å². The molecule has 103 heavy (non-hydrogen) atoms. The minimum absolute atomic E-state index is 0.157. The summed E-state index contributed by atoms with van der Waals surface area (Å²) in [6.07, 6.45) is 0. The topological polar surface area (TPSA) is 87.2 Å². The fourth-order valence-corrected chi connectivity index (χ4v) is 18.3. The summed E-state index contributed by atoms with van der Waals surface area (Å²) in [5, 5.41) is 4.62. The Labute approximate surface area is 594 Å². The summed E-state index contributed by atoms with van der Waals surface area (Å²) in [5.41, 5.74) is 30.1. The zero-order valence-electron chi connectivity index (χ0n) is 56.3. The molecule has 0 amide bonds. The van der Waals surface area contributed by atoms with E-state index < -0.39 is 5.41 Å². The average molecular weight is 1310 g/mol. The van der Waals surface area contributed by atoms with E-state index in [4.69, 9.17) is 29.9 Å². The summed E-state index contributed by atoms with van der Waals surface area (Å²) in [4.78, 5) is 32.8. The van der Waals surface area contributed by atoms with Crippen molar-refractivity contribution in [2.75, 3.05) is 0 Å². The summed E-state index contributed by atoms with van der Waals surface area (Å²) in [7, 11) is 0. The highest BCUT2D eigenvalue weighted by molar-refractivity contribution is 6.18. The average Bonchev–Trinajstić information content (AvgIpc) is 1.49. The van der Waals surface area contributed by atoms with E-state index in [1.165, 1.54) is 99.7 Å². The molecule has 480 valence electrons. The molecule has 1 spiro atoms. The Morgan fingerprint density at radius 2 is 0.738 bits per heavy atom. The minimum Gasteiger partial charge on any atom is -0.309 e. The normalized spacial score (nSPS) is 15.3. The van der Waals surface area contributed by atoms with Crippen LogP contribution >= 0.6 is 0 Å². The van der Waals surface area contributed by atoms with E-state index in [9.17, 15) is 0 Å². The molecule has 0 saturated carbocycles. The first kappa shape index (κ1) is 57.6. The lowest BCUT2D eigenvalue weighted by atomic mass is 9.70. The van der Waals surface area contributed by atoms with Crippen molar-refractivity contribution in [3.63, 3.8) is 0 Å². The van der Waals surface area contributed by atoms with Gasteiger partial charge in [-0.15, -0.1) is 0 Å². The minimum atomic E-state index is -0.772. The van der Waals surface area contributed by atoms with Crippen molar-refractivity contribution in [3.8, 4) is 113 Å². The Kier molecular flexibility index (Phi) is 12.1. The highest BCUT2D eigenvalue weighted by atomic mass is 15.2. The lowest BCUT2D eigenvalue weighted by Crippen LogP contribution is -2.26. The molecule has 4 heterocycles. The molecule has 8 heteroatoms. The summed E-state index contributed by atoms with van der Waals surface area (Å²) in [5.74, 6) is 3.38. The van der Waals surface area contributed by atoms with Gasteiger partial charge in [0, 0.05) is 60.5 Å². The Morgan fingerprint density at radius 1 is 0.282 bits per heavy atom. The lowest BCUT2D eigenvalue weighted by Gasteiger charge is -2.31. The molecule has 4 aliphatic carbocycles. The van der Waals surface area contributed by atoms with Gasteiger partial charge >= 0.3 is 0 Å². The van der Waals surface area contributed by atoms with Crippen LogP contribution in [0.5, 0.6) is 0 Å². The van der Waals surface area contributed by atoms with Crippen LogP contribution in [-0.2, 0) is 10.8 Å². The number of fused-ring (bicyclic) bond motifs is 24. The largest absolute Gasteiger partial charge is 0.309 e. The first-order valence-electron chi connectivity index (χ1n) is 35.5. The Hall–Kier alpha value is -13.3. The third-order valence-corrected chi connectivity index (χ3v) is 22.7. The summed E-state index contributed by atoms with van der Waals surface area (Å²) >= 11 is 0. The maximum Gasteiger partial charge on any atom is 0.238 e. The van der Waals surface area contributed by atoms with Crippen LogP contribution in [0.25, 0.3) is 156 Å². The Balaban J connectivity index is 0.805. The van der Waals surface area contributed by atoms with Gasteiger partial charge in [0.2, 0.25) is 5.95 Å². The number of hydrogen-bond acceptors (Lipinski definition) is 6. The van der Waals surface area contributed by atoms with Crippen LogP contribution in [-0.4, -0.2) is 39.0 Å². The molecule has 8 nitrogen and oxygen atoms in total. The molecule has 0 fully saturated rings. The molecular formula is C95H60N8. The van der Waals surface area contributed by atoms with Crippen molar-refractivity contribution in [1.82, 2.24) is 39.0 Å². The number of para-hydroxylation sites is 1. The molecule has 14 aromatic carbocycles. The quantitative estimate of drug-likeness (QED) is 0.151. The number of rotatable bonds is 8. The monoisotopic (exact) mass is 1310 g/mol. The second kappa shape index (κ2) is 21.6. The van der Waals surface area contributed by atoms with E-state index in [1.54, 1.807) is 0 Å². The number of nitrogens with zero attached hydrogens (tertiary/aromatic N) is 8. The highest BCUT2D eigenvalue weighted by Crippen LogP contribution is 2.67. The first-order chi connectivity index (χ1) is 50.8. The molecule has 0 radical (unpaired) electrons. The number of aromatic nitrogens is 8. The Bertz CT molecular complexity index is 6520. The van der Waals surface area contributed by atoms with Crippen LogP contribution in [0.2, 0.25) is 0 Å². The Morgan fingerprint density at radius 3 is 1.33 bits per heavy atom. The van der Waals surface area contributed by atoms with Crippen molar-refractivity contribution in [2.45, 2.75) is 30.6 Å². The second-order valence-corrected chi connectivity index (χ2v) is 28.3. The maximum atomic E-state index is 5.60. The second-order valence-electron chi connectivity index (χ2n) is 28.3. The predicted molar refractivity (Wildman–Crippen MR) is 416 cm³/mol. The molecule has 2 atom stereocenters. The van der Waals surface area contributed by atoms with E-state index in [2.05, 4.69) is 320 Å². The third-order valence-electron chi connectivity index (χ3n) is 22.7. The molecule has 2 unspecified atom stereocenters. The molecule has 0 bridgehead atoms. The van der Waals surface area contributed by atoms with Crippen LogP contribution in [0.1, 0.15) is 70.1 Å². The van der Waals surface area contributed by atoms with Crippen LogP contribution in [0, 0.1) is 0 Å².